The Morgan fingerprint density at radius 3 is 2.70 bits per heavy atom. The summed E-state index contributed by atoms with van der Waals surface area (Å²) in [5, 5.41) is 7.23. The number of pyridine rings is 1. The van der Waals surface area contributed by atoms with Gasteiger partial charge in [0.1, 0.15) is 0 Å². The van der Waals surface area contributed by atoms with Crippen LogP contribution in [0.1, 0.15) is 17.3 Å². The van der Waals surface area contributed by atoms with Crippen molar-refractivity contribution in [2.75, 3.05) is 11.9 Å². The van der Waals surface area contributed by atoms with Crippen molar-refractivity contribution in [3.8, 4) is 11.3 Å². The molecule has 0 saturated heterocycles. The minimum absolute atomic E-state index is 0.556. The van der Waals surface area contributed by atoms with Gasteiger partial charge in [-0.05, 0) is 23.8 Å². The fourth-order valence-electron chi connectivity index (χ4n) is 2.64. The maximum Gasteiger partial charge on any atom is 0.228 e. The fourth-order valence-corrected chi connectivity index (χ4v) is 2.64. The van der Waals surface area contributed by atoms with Crippen LogP contribution in [0.2, 0.25) is 0 Å². The molecule has 1 aromatic carbocycles. The van der Waals surface area contributed by atoms with Crippen molar-refractivity contribution in [1.82, 2.24) is 25.1 Å². The molecular formula is C20H18N6O. The summed E-state index contributed by atoms with van der Waals surface area (Å²) in [6.45, 7) is 0.601. The molecule has 0 aliphatic heterocycles. The third-order valence-corrected chi connectivity index (χ3v) is 3.95. The summed E-state index contributed by atoms with van der Waals surface area (Å²) in [7, 11) is 0. The van der Waals surface area contributed by atoms with E-state index in [2.05, 4.69) is 30.4 Å². The van der Waals surface area contributed by atoms with Crippen LogP contribution in [0.15, 0.2) is 71.6 Å². The van der Waals surface area contributed by atoms with Gasteiger partial charge in [0.05, 0.1) is 5.69 Å². The summed E-state index contributed by atoms with van der Waals surface area (Å²) in [5.74, 6) is 1.84. The Morgan fingerprint density at radius 1 is 0.926 bits per heavy atom. The predicted octanol–water partition coefficient (Wildman–Crippen LogP) is 3.17. The van der Waals surface area contributed by atoms with Gasteiger partial charge in [-0.2, -0.15) is 4.98 Å². The molecule has 0 fully saturated rings. The number of hydrogen-bond acceptors (Lipinski definition) is 7. The number of benzene rings is 1. The first kappa shape index (κ1) is 16.8. The van der Waals surface area contributed by atoms with Crippen LogP contribution in [-0.4, -0.2) is 31.6 Å². The first-order chi connectivity index (χ1) is 13.4. The number of hydrogen-bond donors (Lipinski definition) is 1. The molecule has 134 valence electrons. The van der Waals surface area contributed by atoms with Crippen molar-refractivity contribution in [2.24, 2.45) is 0 Å². The third kappa shape index (κ3) is 4.52. The molecule has 0 atom stereocenters. The highest BCUT2D eigenvalue weighted by Crippen LogP contribution is 2.15. The molecule has 0 radical (unpaired) electrons. The van der Waals surface area contributed by atoms with Gasteiger partial charge in [-0.3, -0.25) is 4.98 Å². The van der Waals surface area contributed by atoms with Gasteiger partial charge in [-0.25, -0.2) is 9.97 Å². The summed E-state index contributed by atoms with van der Waals surface area (Å²) in [6.07, 6.45) is 6.50. The van der Waals surface area contributed by atoms with Crippen molar-refractivity contribution < 1.29 is 4.52 Å². The topological polar surface area (TPSA) is 89.6 Å². The molecule has 0 amide bonds. The van der Waals surface area contributed by atoms with E-state index >= 15 is 0 Å². The maximum absolute atomic E-state index is 5.32. The quantitative estimate of drug-likeness (QED) is 0.543. The van der Waals surface area contributed by atoms with E-state index in [0.29, 0.717) is 37.0 Å². The van der Waals surface area contributed by atoms with E-state index < -0.39 is 0 Å². The second kappa shape index (κ2) is 8.18. The van der Waals surface area contributed by atoms with Crippen molar-refractivity contribution in [3.63, 3.8) is 0 Å². The van der Waals surface area contributed by atoms with Gasteiger partial charge in [0.2, 0.25) is 11.8 Å². The third-order valence-electron chi connectivity index (χ3n) is 3.95. The molecule has 0 aliphatic carbocycles. The summed E-state index contributed by atoms with van der Waals surface area (Å²) < 4.78 is 5.32. The second-order valence-corrected chi connectivity index (χ2v) is 5.95. The number of anilines is 1. The molecule has 7 nitrogen and oxygen atoms in total. The molecule has 0 unspecified atom stereocenters. The summed E-state index contributed by atoms with van der Waals surface area (Å²) >= 11 is 0. The van der Waals surface area contributed by atoms with E-state index in [-0.39, 0.29) is 0 Å². The van der Waals surface area contributed by atoms with Gasteiger partial charge in [0.25, 0.3) is 0 Å². The van der Waals surface area contributed by atoms with E-state index in [4.69, 9.17) is 4.52 Å². The van der Waals surface area contributed by atoms with Crippen LogP contribution in [0.4, 0.5) is 5.95 Å². The highest BCUT2D eigenvalue weighted by atomic mass is 16.5. The van der Waals surface area contributed by atoms with Crippen molar-refractivity contribution in [1.29, 1.82) is 0 Å². The number of aromatic nitrogens is 5. The van der Waals surface area contributed by atoms with Gasteiger partial charge in [-0.15, -0.1) is 0 Å². The second-order valence-electron chi connectivity index (χ2n) is 5.95. The molecule has 1 N–H and O–H groups in total. The molecule has 4 aromatic rings. The average Bonchev–Trinajstić information content (AvgIpc) is 3.17. The van der Waals surface area contributed by atoms with Crippen molar-refractivity contribution >= 4 is 5.95 Å². The Morgan fingerprint density at radius 2 is 1.85 bits per heavy atom. The normalized spacial score (nSPS) is 10.7. The highest BCUT2D eigenvalue weighted by Gasteiger charge is 2.08. The molecule has 7 heteroatoms. The van der Waals surface area contributed by atoms with Gasteiger partial charge < -0.3 is 9.84 Å². The molecule has 3 heterocycles. The first-order valence-corrected chi connectivity index (χ1v) is 8.69. The largest absolute Gasteiger partial charge is 0.354 e. The number of nitrogens with one attached hydrogen (secondary N) is 1. The Labute approximate surface area is 156 Å². The highest BCUT2D eigenvalue weighted by molar-refractivity contribution is 5.58. The lowest BCUT2D eigenvalue weighted by Crippen LogP contribution is -2.08. The van der Waals surface area contributed by atoms with Gasteiger partial charge >= 0.3 is 0 Å². The molecule has 0 spiro atoms. The Kier molecular flexibility index (Phi) is 5.10. The van der Waals surface area contributed by atoms with Crippen LogP contribution in [0.25, 0.3) is 11.3 Å². The van der Waals surface area contributed by atoms with Gasteiger partial charge in [-0.1, -0.05) is 35.5 Å². The zero-order valence-electron chi connectivity index (χ0n) is 14.6. The van der Waals surface area contributed by atoms with E-state index in [1.54, 1.807) is 18.6 Å². The number of rotatable bonds is 7. The Bertz CT molecular complexity index is 988. The number of nitrogens with zero attached hydrogens (tertiary/aromatic N) is 5. The molecule has 0 aliphatic rings. The van der Waals surface area contributed by atoms with Crippen molar-refractivity contribution in [3.05, 3.63) is 84.4 Å². The monoisotopic (exact) mass is 358 g/mol. The summed E-state index contributed by atoms with van der Waals surface area (Å²) in [5.41, 5.74) is 2.93. The molecule has 4 rings (SSSR count). The average molecular weight is 358 g/mol. The molecule has 0 bridgehead atoms. The molecule has 27 heavy (non-hydrogen) atoms. The van der Waals surface area contributed by atoms with Crippen LogP contribution in [0, 0.1) is 0 Å². The van der Waals surface area contributed by atoms with Gasteiger partial charge in [0, 0.05) is 43.5 Å². The molecular weight excluding hydrogens is 340 g/mol. The lowest BCUT2D eigenvalue weighted by molar-refractivity contribution is 0.376. The Hall–Kier alpha value is -3.61. The minimum Gasteiger partial charge on any atom is -0.354 e. The lowest BCUT2D eigenvalue weighted by atomic mass is 10.1. The van der Waals surface area contributed by atoms with E-state index in [9.17, 15) is 0 Å². The van der Waals surface area contributed by atoms with Crippen LogP contribution in [0.3, 0.4) is 0 Å². The maximum atomic E-state index is 5.32. The van der Waals surface area contributed by atoms with Gasteiger partial charge in [0.15, 0.2) is 5.82 Å². The SMILES string of the molecule is c1ccc(Cc2noc(CCNc3nccc(-c4cccnc4)n3)n2)cc1. The predicted molar refractivity (Wildman–Crippen MR) is 101 cm³/mol. The summed E-state index contributed by atoms with van der Waals surface area (Å²) in [6, 6.07) is 15.8. The molecule has 3 aromatic heterocycles. The van der Waals surface area contributed by atoms with Crippen molar-refractivity contribution in [2.45, 2.75) is 12.8 Å². The van der Waals surface area contributed by atoms with Crippen LogP contribution >= 0.6 is 0 Å². The van der Waals surface area contributed by atoms with E-state index in [1.807, 2.05) is 48.5 Å². The van der Waals surface area contributed by atoms with E-state index in [0.717, 1.165) is 16.8 Å². The standard InChI is InChI=1S/C20H18N6O/c1-2-5-15(6-3-1)13-18-25-19(27-26-18)9-12-23-20-22-11-8-17(24-20)16-7-4-10-21-14-16/h1-8,10-11,14H,9,12-13H2,(H,22,23,24). The van der Waals surface area contributed by atoms with E-state index in [1.165, 1.54) is 0 Å². The zero-order valence-corrected chi connectivity index (χ0v) is 14.6. The molecule has 0 saturated carbocycles. The van der Waals surface area contributed by atoms with Crippen LogP contribution < -0.4 is 5.32 Å². The van der Waals surface area contributed by atoms with Crippen LogP contribution in [-0.2, 0) is 12.8 Å². The lowest BCUT2D eigenvalue weighted by Gasteiger charge is -2.05. The smallest absolute Gasteiger partial charge is 0.228 e. The summed E-state index contributed by atoms with van der Waals surface area (Å²) in [4.78, 5) is 17.3. The fraction of sp³-hybridized carbons (Fsp3) is 0.150. The zero-order chi connectivity index (χ0) is 18.3. The first-order valence-electron chi connectivity index (χ1n) is 8.69. The Balaban J connectivity index is 1.33. The minimum atomic E-state index is 0.556. The van der Waals surface area contributed by atoms with Crippen LogP contribution in [0.5, 0.6) is 0 Å².